The van der Waals surface area contributed by atoms with E-state index >= 15 is 0 Å². The molecule has 1 atom stereocenters. The van der Waals surface area contributed by atoms with Crippen molar-refractivity contribution in [2.45, 2.75) is 38.6 Å². The van der Waals surface area contributed by atoms with Gasteiger partial charge in [0.25, 0.3) is 5.91 Å². The number of likely N-dealkylation sites (tertiary alicyclic amines) is 1. The first-order chi connectivity index (χ1) is 9.50. The van der Waals surface area contributed by atoms with Crippen LogP contribution >= 0.6 is 15.9 Å². The fourth-order valence-corrected chi connectivity index (χ4v) is 3.22. The van der Waals surface area contributed by atoms with E-state index in [0.717, 1.165) is 29.3 Å². The molecule has 108 valence electrons. The Morgan fingerprint density at radius 3 is 2.70 bits per heavy atom. The Labute approximate surface area is 126 Å². The van der Waals surface area contributed by atoms with Gasteiger partial charge in [-0.25, -0.2) is 4.79 Å². The monoisotopic (exact) mass is 339 g/mol. The quantitative estimate of drug-likeness (QED) is 0.899. The third-order valence-corrected chi connectivity index (χ3v) is 4.31. The molecular weight excluding hydrogens is 322 g/mol. The highest BCUT2D eigenvalue weighted by Crippen LogP contribution is 2.24. The number of halogens is 1. The molecule has 0 spiro atoms. The first-order valence-electron chi connectivity index (χ1n) is 6.80. The van der Waals surface area contributed by atoms with Crippen molar-refractivity contribution < 1.29 is 14.7 Å². The third-order valence-electron chi connectivity index (χ3n) is 3.65. The highest BCUT2D eigenvalue weighted by Gasteiger charge is 2.31. The summed E-state index contributed by atoms with van der Waals surface area (Å²) in [5.74, 6) is -1.12. The Kier molecular flexibility index (Phi) is 4.81. The number of benzene rings is 1. The molecule has 5 heteroatoms. The summed E-state index contributed by atoms with van der Waals surface area (Å²) in [4.78, 5) is 25.5. The molecule has 20 heavy (non-hydrogen) atoms. The van der Waals surface area contributed by atoms with Crippen molar-refractivity contribution in [1.29, 1.82) is 0 Å². The second kappa shape index (κ2) is 6.39. The van der Waals surface area contributed by atoms with E-state index in [0.29, 0.717) is 18.5 Å². The molecule has 1 heterocycles. The maximum Gasteiger partial charge on any atom is 0.326 e. The van der Waals surface area contributed by atoms with Crippen LogP contribution in [0.2, 0.25) is 0 Å². The van der Waals surface area contributed by atoms with Crippen molar-refractivity contribution in [2.75, 3.05) is 6.54 Å². The number of amides is 1. The minimum absolute atomic E-state index is 0.203. The molecule has 2 rings (SSSR count). The topological polar surface area (TPSA) is 57.6 Å². The Hall–Kier alpha value is -1.36. The van der Waals surface area contributed by atoms with Crippen molar-refractivity contribution in [3.05, 3.63) is 33.8 Å². The molecule has 1 fully saturated rings. The van der Waals surface area contributed by atoms with Crippen LogP contribution in [0.3, 0.4) is 0 Å². The summed E-state index contributed by atoms with van der Waals surface area (Å²) in [6, 6.07) is 4.79. The molecule has 1 saturated heterocycles. The molecule has 1 aliphatic rings. The Bertz CT molecular complexity index is 530. The number of carboxylic acid groups (broad SMARTS) is 1. The maximum atomic E-state index is 12.6. The zero-order chi connectivity index (χ0) is 14.7. The minimum Gasteiger partial charge on any atom is -0.480 e. The number of carboxylic acids is 1. The standard InChI is InChI=1S/C15H18BrNO3/c1-10-6-7-11(12(16)9-10)14(18)17-8-4-2-3-5-13(17)15(19)20/h6-7,9,13H,2-5,8H2,1H3,(H,19,20). The van der Waals surface area contributed by atoms with Gasteiger partial charge in [0, 0.05) is 11.0 Å². The van der Waals surface area contributed by atoms with Gasteiger partial charge in [-0.1, -0.05) is 18.9 Å². The summed E-state index contributed by atoms with van der Waals surface area (Å²) in [5.41, 5.74) is 1.59. The van der Waals surface area contributed by atoms with Crippen LogP contribution < -0.4 is 0 Å². The third kappa shape index (κ3) is 3.20. The number of aryl methyl sites for hydroxylation is 1. The molecule has 1 unspecified atom stereocenters. The Morgan fingerprint density at radius 2 is 2.05 bits per heavy atom. The largest absolute Gasteiger partial charge is 0.480 e. The average Bonchev–Trinajstić information content (AvgIpc) is 2.63. The summed E-state index contributed by atoms with van der Waals surface area (Å²) in [6.45, 7) is 2.46. The van der Waals surface area contributed by atoms with Crippen LogP contribution in [0.15, 0.2) is 22.7 Å². The first kappa shape index (κ1) is 15.0. The van der Waals surface area contributed by atoms with E-state index in [1.807, 2.05) is 19.1 Å². The smallest absolute Gasteiger partial charge is 0.326 e. The molecule has 0 aliphatic carbocycles. The lowest BCUT2D eigenvalue weighted by atomic mass is 10.1. The molecule has 1 aromatic carbocycles. The van der Waals surface area contributed by atoms with Gasteiger partial charge in [-0.3, -0.25) is 4.79 Å². The van der Waals surface area contributed by atoms with Gasteiger partial charge < -0.3 is 10.0 Å². The van der Waals surface area contributed by atoms with Crippen LogP contribution in [0, 0.1) is 6.92 Å². The van der Waals surface area contributed by atoms with Gasteiger partial charge in [-0.05, 0) is 53.4 Å². The lowest BCUT2D eigenvalue weighted by molar-refractivity contribution is -0.142. The minimum atomic E-state index is -0.913. The first-order valence-corrected chi connectivity index (χ1v) is 7.60. The molecule has 0 saturated carbocycles. The lowest BCUT2D eigenvalue weighted by Crippen LogP contribution is -2.44. The molecule has 1 aromatic rings. The molecule has 1 N–H and O–H groups in total. The van der Waals surface area contributed by atoms with Crippen molar-refractivity contribution in [2.24, 2.45) is 0 Å². The number of carbonyl (C=O) groups is 2. The van der Waals surface area contributed by atoms with Crippen molar-refractivity contribution in [3.63, 3.8) is 0 Å². The van der Waals surface area contributed by atoms with Crippen LogP contribution in [0.5, 0.6) is 0 Å². The number of hydrogen-bond donors (Lipinski definition) is 1. The molecule has 0 radical (unpaired) electrons. The summed E-state index contributed by atoms with van der Waals surface area (Å²) >= 11 is 3.40. The van der Waals surface area contributed by atoms with Gasteiger partial charge in [0.15, 0.2) is 0 Å². The van der Waals surface area contributed by atoms with Crippen LogP contribution in [-0.4, -0.2) is 34.5 Å². The van der Waals surface area contributed by atoms with E-state index in [-0.39, 0.29) is 5.91 Å². The SMILES string of the molecule is Cc1ccc(C(=O)N2CCCCCC2C(=O)O)c(Br)c1. The number of rotatable bonds is 2. The van der Waals surface area contributed by atoms with Gasteiger partial charge in [0.2, 0.25) is 0 Å². The summed E-state index contributed by atoms with van der Waals surface area (Å²) in [6.07, 6.45) is 3.22. The molecule has 1 aliphatic heterocycles. The van der Waals surface area contributed by atoms with Crippen LogP contribution in [0.4, 0.5) is 0 Å². The molecule has 4 nitrogen and oxygen atoms in total. The maximum absolute atomic E-state index is 12.6. The van der Waals surface area contributed by atoms with E-state index in [1.165, 1.54) is 4.90 Å². The molecular formula is C15H18BrNO3. The molecule has 1 amide bonds. The summed E-state index contributed by atoms with van der Waals surface area (Å²) in [5, 5.41) is 9.34. The second-order valence-corrected chi connectivity index (χ2v) is 6.04. The van der Waals surface area contributed by atoms with E-state index in [4.69, 9.17) is 0 Å². The zero-order valence-corrected chi connectivity index (χ0v) is 13.0. The predicted molar refractivity (Wildman–Crippen MR) is 79.8 cm³/mol. The average molecular weight is 340 g/mol. The highest BCUT2D eigenvalue weighted by molar-refractivity contribution is 9.10. The lowest BCUT2D eigenvalue weighted by Gasteiger charge is -2.27. The van der Waals surface area contributed by atoms with E-state index < -0.39 is 12.0 Å². The number of nitrogens with zero attached hydrogens (tertiary/aromatic N) is 1. The Morgan fingerprint density at radius 1 is 1.30 bits per heavy atom. The predicted octanol–water partition coefficient (Wildman–Crippen LogP) is 3.23. The normalized spacial score (nSPS) is 19.5. The van der Waals surface area contributed by atoms with Gasteiger partial charge in [-0.15, -0.1) is 0 Å². The van der Waals surface area contributed by atoms with E-state index in [9.17, 15) is 14.7 Å². The van der Waals surface area contributed by atoms with E-state index in [1.54, 1.807) is 6.07 Å². The van der Waals surface area contributed by atoms with Crippen LogP contribution in [0.1, 0.15) is 41.6 Å². The summed E-state index contributed by atoms with van der Waals surface area (Å²) in [7, 11) is 0. The van der Waals surface area contributed by atoms with Crippen LogP contribution in [-0.2, 0) is 4.79 Å². The van der Waals surface area contributed by atoms with Gasteiger partial charge >= 0.3 is 5.97 Å². The Balaban J connectivity index is 2.31. The van der Waals surface area contributed by atoms with Crippen molar-refractivity contribution in [1.82, 2.24) is 4.90 Å². The van der Waals surface area contributed by atoms with Crippen molar-refractivity contribution >= 4 is 27.8 Å². The highest BCUT2D eigenvalue weighted by atomic mass is 79.9. The fourth-order valence-electron chi connectivity index (χ4n) is 2.56. The van der Waals surface area contributed by atoms with Gasteiger partial charge in [0.05, 0.1) is 5.56 Å². The van der Waals surface area contributed by atoms with Crippen molar-refractivity contribution in [3.8, 4) is 0 Å². The van der Waals surface area contributed by atoms with Gasteiger partial charge in [-0.2, -0.15) is 0 Å². The fraction of sp³-hybridized carbons (Fsp3) is 0.467. The van der Waals surface area contributed by atoms with E-state index in [2.05, 4.69) is 15.9 Å². The molecule has 0 aromatic heterocycles. The zero-order valence-electron chi connectivity index (χ0n) is 11.4. The number of carbonyl (C=O) groups excluding carboxylic acids is 1. The second-order valence-electron chi connectivity index (χ2n) is 5.19. The number of aliphatic carboxylic acids is 1. The molecule has 0 bridgehead atoms. The van der Waals surface area contributed by atoms with Crippen LogP contribution in [0.25, 0.3) is 0 Å². The summed E-state index contributed by atoms with van der Waals surface area (Å²) < 4.78 is 0.718. The number of hydrogen-bond acceptors (Lipinski definition) is 2. The van der Waals surface area contributed by atoms with Gasteiger partial charge in [0.1, 0.15) is 6.04 Å².